The Bertz CT molecular complexity index is 656. The van der Waals surface area contributed by atoms with Crippen LogP contribution in [0.3, 0.4) is 0 Å². The Morgan fingerprint density at radius 2 is 1.96 bits per heavy atom. The molecule has 1 aliphatic carbocycles. The molecule has 1 saturated heterocycles. The molecule has 1 aliphatic heterocycles. The Morgan fingerprint density at radius 1 is 1.26 bits per heavy atom. The van der Waals surface area contributed by atoms with Gasteiger partial charge in [-0.05, 0) is 24.5 Å². The second kappa shape index (κ2) is 6.20. The van der Waals surface area contributed by atoms with Crippen molar-refractivity contribution in [3.8, 4) is 0 Å². The lowest BCUT2D eigenvalue weighted by atomic mass is 9.98. The fourth-order valence-corrected chi connectivity index (χ4v) is 3.37. The van der Waals surface area contributed by atoms with Gasteiger partial charge in [0.25, 0.3) is 5.91 Å². The minimum Gasteiger partial charge on any atom is -0.350 e. The quantitative estimate of drug-likeness (QED) is 0.824. The van der Waals surface area contributed by atoms with Crippen LogP contribution in [-0.4, -0.2) is 34.8 Å². The van der Waals surface area contributed by atoms with E-state index in [1.54, 1.807) is 6.07 Å². The maximum absolute atomic E-state index is 12.4. The third kappa shape index (κ3) is 3.03. The zero-order valence-corrected chi connectivity index (χ0v) is 13.4. The number of rotatable bonds is 4. The van der Waals surface area contributed by atoms with Gasteiger partial charge in [0.1, 0.15) is 12.1 Å². The molecule has 0 bridgehead atoms. The Balaban J connectivity index is 1.59. The van der Waals surface area contributed by atoms with Crippen LogP contribution in [0, 0.1) is 0 Å². The van der Waals surface area contributed by atoms with Gasteiger partial charge in [-0.3, -0.25) is 14.5 Å². The van der Waals surface area contributed by atoms with E-state index in [4.69, 9.17) is 11.6 Å². The van der Waals surface area contributed by atoms with Gasteiger partial charge in [0.05, 0.1) is 0 Å². The summed E-state index contributed by atoms with van der Waals surface area (Å²) in [6.45, 7) is -0.00975. The predicted octanol–water partition coefficient (Wildman–Crippen LogP) is 1.82. The van der Waals surface area contributed by atoms with Crippen molar-refractivity contribution in [2.75, 3.05) is 6.54 Å². The molecule has 0 radical (unpaired) electrons. The summed E-state index contributed by atoms with van der Waals surface area (Å²) >= 11 is 6.03. The molecule has 23 heavy (non-hydrogen) atoms. The second-order valence-corrected chi connectivity index (χ2v) is 6.39. The smallest absolute Gasteiger partial charge is 0.325 e. The zero-order valence-electron chi connectivity index (χ0n) is 12.6. The van der Waals surface area contributed by atoms with E-state index in [9.17, 15) is 14.4 Å². The van der Waals surface area contributed by atoms with Crippen LogP contribution >= 0.6 is 11.6 Å². The molecule has 0 unspecified atom stereocenters. The summed E-state index contributed by atoms with van der Waals surface area (Å²) in [6, 6.07) is 6.70. The van der Waals surface area contributed by atoms with Crippen LogP contribution in [0.15, 0.2) is 24.3 Å². The number of hydrogen-bond acceptors (Lipinski definition) is 3. The van der Waals surface area contributed by atoms with Gasteiger partial charge in [-0.15, -0.1) is 0 Å². The highest BCUT2D eigenvalue weighted by atomic mass is 35.5. The second-order valence-electron chi connectivity index (χ2n) is 5.98. The zero-order chi connectivity index (χ0) is 16.4. The molecule has 122 valence electrons. The van der Waals surface area contributed by atoms with E-state index < -0.39 is 11.6 Å². The van der Waals surface area contributed by atoms with Crippen LogP contribution < -0.4 is 10.6 Å². The van der Waals surface area contributed by atoms with Gasteiger partial charge in [-0.1, -0.05) is 42.6 Å². The molecule has 6 nitrogen and oxygen atoms in total. The molecule has 2 fully saturated rings. The number of imide groups is 1. The molecule has 7 heteroatoms. The highest BCUT2D eigenvalue weighted by Crippen LogP contribution is 2.34. The third-order valence-corrected chi connectivity index (χ3v) is 4.81. The van der Waals surface area contributed by atoms with E-state index in [0.717, 1.165) is 23.3 Å². The molecule has 1 aromatic carbocycles. The number of carbonyl (C=O) groups is 3. The summed E-state index contributed by atoms with van der Waals surface area (Å²) in [7, 11) is 0. The first kappa shape index (κ1) is 15.8. The highest BCUT2D eigenvalue weighted by molar-refractivity contribution is 6.31. The Kier molecular flexibility index (Phi) is 4.26. The Morgan fingerprint density at radius 3 is 2.65 bits per heavy atom. The van der Waals surface area contributed by atoms with Crippen LogP contribution in [0.4, 0.5) is 4.79 Å². The molecule has 1 saturated carbocycles. The Labute approximate surface area is 139 Å². The third-order valence-electron chi connectivity index (χ3n) is 4.44. The molecule has 4 amide bonds. The van der Waals surface area contributed by atoms with E-state index in [-0.39, 0.29) is 24.9 Å². The van der Waals surface area contributed by atoms with Crippen molar-refractivity contribution >= 4 is 29.4 Å². The first-order chi connectivity index (χ1) is 11.0. The topological polar surface area (TPSA) is 78.5 Å². The van der Waals surface area contributed by atoms with E-state index in [1.165, 1.54) is 0 Å². The van der Waals surface area contributed by atoms with Crippen molar-refractivity contribution in [2.24, 2.45) is 0 Å². The number of urea groups is 1. The first-order valence-electron chi connectivity index (χ1n) is 7.66. The number of benzene rings is 1. The summed E-state index contributed by atoms with van der Waals surface area (Å²) < 4.78 is 0. The molecule has 2 aliphatic rings. The number of amides is 4. The number of nitrogens with zero attached hydrogens (tertiary/aromatic N) is 1. The molecule has 3 rings (SSSR count). The van der Waals surface area contributed by atoms with Gasteiger partial charge < -0.3 is 10.6 Å². The fourth-order valence-electron chi connectivity index (χ4n) is 3.17. The monoisotopic (exact) mass is 335 g/mol. The van der Waals surface area contributed by atoms with E-state index in [0.29, 0.717) is 17.9 Å². The summed E-state index contributed by atoms with van der Waals surface area (Å²) in [4.78, 5) is 37.5. The highest BCUT2D eigenvalue weighted by Gasteiger charge is 2.52. The van der Waals surface area contributed by atoms with Gasteiger partial charge in [0.2, 0.25) is 5.91 Å². The maximum atomic E-state index is 12.4. The average molecular weight is 336 g/mol. The molecular formula is C16H18ClN3O3. The van der Waals surface area contributed by atoms with Crippen molar-refractivity contribution in [3.05, 3.63) is 34.9 Å². The van der Waals surface area contributed by atoms with Gasteiger partial charge in [0.15, 0.2) is 0 Å². The maximum Gasteiger partial charge on any atom is 0.325 e. The van der Waals surface area contributed by atoms with E-state index in [2.05, 4.69) is 10.6 Å². The summed E-state index contributed by atoms with van der Waals surface area (Å²) in [5.74, 6) is -0.670. The van der Waals surface area contributed by atoms with Crippen LogP contribution in [0.5, 0.6) is 0 Å². The van der Waals surface area contributed by atoms with Crippen LogP contribution in [0.2, 0.25) is 5.02 Å². The predicted molar refractivity (Wildman–Crippen MR) is 84.7 cm³/mol. The number of nitrogens with one attached hydrogen (secondary N) is 2. The summed E-state index contributed by atoms with van der Waals surface area (Å²) in [5.41, 5.74) is 0.00656. The first-order valence-corrected chi connectivity index (χ1v) is 8.04. The van der Waals surface area contributed by atoms with Gasteiger partial charge >= 0.3 is 6.03 Å². The lowest BCUT2D eigenvalue weighted by molar-refractivity contribution is -0.134. The molecule has 1 aromatic rings. The lowest BCUT2D eigenvalue weighted by Crippen LogP contribution is -2.45. The van der Waals surface area contributed by atoms with Crippen LogP contribution in [0.1, 0.15) is 31.2 Å². The van der Waals surface area contributed by atoms with Crippen molar-refractivity contribution in [1.82, 2.24) is 15.5 Å². The van der Waals surface area contributed by atoms with E-state index in [1.807, 2.05) is 18.2 Å². The van der Waals surface area contributed by atoms with Gasteiger partial charge in [0, 0.05) is 11.6 Å². The van der Waals surface area contributed by atoms with Crippen molar-refractivity contribution in [1.29, 1.82) is 0 Å². The molecular weight excluding hydrogens is 318 g/mol. The number of halogens is 1. The number of hydrogen-bond donors (Lipinski definition) is 2. The minimum atomic E-state index is -0.778. The fraction of sp³-hybridized carbons (Fsp3) is 0.438. The molecule has 1 spiro atoms. The van der Waals surface area contributed by atoms with Crippen molar-refractivity contribution in [3.63, 3.8) is 0 Å². The Hall–Kier alpha value is -2.08. The molecule has 0 atom stereocenters. The largest absolute Gasteiger partial charge is 0.350 e. The normalized spacial score (nSPS) is 19.3. The lowest BCUT2D eigenvalue weighted by Gasteiger charge is -2.19. The van der Waals surface area contributed by atoms with E-state index >= 15 is 0 Å². The van der Waals surface area contributed by atoms with Crippen LogP contribution in [-0.2, 0) is 16.1 Å². The molecule has 0 aromatic heterocycles. The van der Waals surface area contributed by atoms with Gasteiger partial charge in [-0.2, -0.15) is 0 Å². The summed E-state index contributed by atoms with van der Waals surface area (Å²) in [5, 5.41) is 6.01. The summed E-state index contributed by atoms with van der Waals surface area (Å²) in [6.07, 6.45) is 3.13. The molecule has 2 N–H and O–H groups in total. The van der Waals surface area contributed by atoms with Gasteiger partial charge in [-0.25, -0.2) is 4.79 Å². The minimum absolute atomic E-state index is 0.257. The number of carbonyl (C=O) groups excluding carboxylic acids is 3. The standard InChI is InChI=1S/C16H18ClN3O3/c17-12-6-2-1-5-11(12)9-18-13(21)10-20-14(22)16(19-15(20)23)7-3-4-8-16/h1-2,5-6H,3-4,7-10H2,(H,18,21)(H,19,23). The van der Waals surface area contributed by atoms with Crippen molar-refractivity contribution in [2.45, 2.75) is 37.8 Å². The SMILES string of the molecule is O=C(CN1C(=O)NC2(CCCC2)C1=O)NCc1ccccc1Cl. The van der Waals surface area contributed by atoms with Crippen LogP contribution in [0.25, 0.3) is 0 Å². The molecule has 1 heterocycles. The average Bonchev–Trinajstić information content (AvgIpc) is 3.08. The van der Waals surface area contributed by atoms with Crippen molar-refractivity contribution < 1.29 is 14.4 Å².